The molecule has 158 valence electrons. The Morgan fingerprint density at radius 2 is 1.70 bits per heavy atom. The van der Waals surface area contributed by atoms with Crippen LogP contribution in [0.25, 0.3) is 0 Å². The van der Waals surface area contributed by atoms with Crippen molar-refractivity contribution in [3.63, 3.8) is 0 Å². The number of carbonyl (C=O) groups is 1. The molecule has 27 heavy (non-hydrogen) atoms. The monoisotopic (exact) mass is 514 g/mol. The van der Waals surface area contributed by atoms with Crippen molar-refractivity contribution in [2.75, 3.05) is 50.8 Å². The lowest BCUT2D eigenvalue weighted by Crippen LogP contribution is -2.55. The van der Waals surface area contributed by atoms with E-state index in [9.17, 15) is 13.2 Å². The van der Waals surface area contributed by atoms with Gasteiger partial charge in [-0.05, 0) is 18.3 Å². The number of nitrogens with zero attached hydrogens (tertiary/aromatic N) is 3. The number of halogens is 1. The summed E-state index contributed by atoms with van der Waals surface area (Å²) in [6.07, 6.45) is 0.726. The second kappa shape index (κ2) is 10.8. The lowest BCUT2D eigenvalue weighted by Gasteiger charge is -2.37. The van der Waals surface area contributed by atoms with E-state index in [4.69, 9.17) is 4.99 Å². The van der Waals surface area contributed by atoms with Gasteiger partial charge in [0.2, 0.25) is 5.91 Å². The van der Waals surface area contributed by atoms with E-state index in [1.807, 2.05) is 18.7 Å². The fourth-order valence-corrected chi connectivity index (χ4v) is 5.17. The van der Waals surface area contributed by atoms with Crippen molar-refractivity contribution in [1.29, 1.82) is 0 Å². The summed E-state index contributed by atoms with van der Waals surface area (Å²) in [5.74, 6) is 2.27. The van der Waals surface area contributed by atoms with Gasteiger partial charge in [0, 0.05) is 45.2 Å². The highest BCUT2D eigenvalue weighted by Gasteiger charge is 2.29. The predicted octanol–water partition coefficient (Wildman–Crippen LogP) is 1.44. The number of hydrogen-bond donors (Lipinski definition) is 1. The van der Waals surface area contributed by atoms with Crippen molar-refractivity contribution in [2.45, 2.75) is 34.1 Å². The van der Waals surface area contributed by atoms with Crippen LogP contribution < -0.4 is 5.32 Å². The molecule has 0 bridgehead atoms. The van der Waals surface area contributed by atoms with Crippen molar-refractivity contribution < 1.29 is 13.2 Å². The summed E-state index contributed by atoms with van der Waals surface area (Å²) in [7, 11) is -2.86. The average molecular weight is 514 g/mol. The van der Waals surface area contributed by atoms with Crippen LogP contribution in [0.1, 0.15) is 34.1 Å². The molecular weight excluding hydrogens is 479 g/mol. The number of piperazine rings is 1. The minimum absolute atomic E-state index is 0. The largest absolute Gasteiger partial charge is 0.356 e. The molecule has 0 aliphatic carbocycles. The minimum Gasteiger partial charge on any atom is -0.356 e. The Morgan fingerprint density at radius 3 is 2.19 bits per heavy atom. The zero-order valence-corrected chi connectivity index (χ0v) is 20.1. The first-order valence-corrected chi connectivity index (χ1v) is 11.5. The fraction of sp³-hybridized carbons (Fsp3) is 0.889. The van der Waals surface area contributed by atoms with Crippen LogP contribution >= 0.6 is 24.0 Å². The van der Waals surface area contributed by atoms with E-state index < -0.39 is 9.84 Å². The van der Waals surface area contributed by atoms with Crippen LogP contribution in [0.5, 0.6) is 0 Å². The molecule has 2 aliphatic heterocycles. The first-order valence-electron chi connectivity index (χ1n) is 9.70. The Morgan fingerprint density at radius 1 is 1.11 bits per heavy atom. The summed E-state index contributed by atoms with van der Waals surface area (Å²) in [6, 6.07) is 0. The lowest BCUT2D eigenvalue weighted by molar-refractivity contribution is -0.135. The van der Waals surface area contributed by atoms with Gasteiger partial charge >= 0.3 is 0 Å². The van der Waals surface area contributed by atoms with Crippen LogP contribution in [0.2, 0.25) is 0 Å². The molecule has 1 N–H and O–H groups in total. The first kappa shape index (κ1) is 24.5. The third-order valence-electron chi connectivity index (χ3n) is 4.87. The fourth-order valence-electron chi connectivity index (χ4n) is 3.31. The Labute approximate surface area is 181 Å². The molecule has 0 aromatic carbocycles. The zero-order valence-electron chi connectivity index (χ0n) is 17.0. The Bertz CT molecular complexity index is 614. The van der Waals surface area contributed by atoms with Gasteiger partial charge in [-0.1, -0.05) is 27.7 Å². The molecule has 9 heteroatoms. The maximum Gasteiger partial charge on any atom is 0.225 e. The predicted molar refractivity (Wildman–Crippen MR) is 120 cm³/mol. The van der Waals surface area contributed by atoms with Crippen molar-refractivity contribution in [3.05, 3.63) is 0 Å². The highest BCUT2D eigenvalue weighted by molar-refractivity contribution is 14.0. The van der Waals surface area contributed by atoms with Gasteiger partial charge in [0.25, 0.3) is 0 Å². The molecule has 0 radical (unpaired) electrons. The molecule has 2 saturated heterocycles. The lowest BCUT2D eigenvalue weighted by atomic mass is 10.1. The molecule has 1 atom stereocenters. The van der Waals surface area contributed by atoms with Crippen LogP contribution in [-0.2, 0) is 14.6 Å². The molecule has 2 fully saturated rings. The molecule has 2 heterocycles. The minimum atomic E-state index is -2.86. The normalized spacial score (nSPS) is 22.9. The topological polar surface area (TPSA) is 82.1 Å². The Kier molecular flexibility index (Phi) is 9.81. The standard InChI is InChI=1S/C18H34N4O3S.HI/c1-14(2)11-19-18(20-12-16-5-10-26(24,25)13-16)22-8-6-21(7-9-22)17(23)15(3)4;/h14-16H,5-13H2,1-4H3,(H,19,20);1H. The summed E-state index contributed by atoms with van der Waals surface area (Å²) in [5.41, 5.74) is 0. The summed E-state index contributed by atoms with van der Waals surface area (Å²) >= 11 is 0. The maximum atomic E-state index is 12.2. The number of aliphatic imine (C=N–C) groups is 1. The summed E-state index contributed by atoms with van der Waals surface area (Å²) in [5, 5.41) is 3.40. The Hall–Kier alpha value is -0.580. The summed E-state index contributed by atoms with van der Waals surface area (Å²) < 4.78 is 23.3. The molecule has 0 aromatic heterocycles. The molecule has 1 unspecified atom stereocenters. The number of nitrogens with one attached hydrogen (secondary N) is 1. The summed E-state index contributed by atoms with van der Waals surface area (Å²) in [6.45, 7) is 12.4. The van der Waals surface area contributed by atoms with Gasteiger partial charge in [-0.2, -0.15) is 0 Å². The smallest absolute Gasteiger partial charge is 0.225 e. The van der Waals surface area contributed by atoms with E-state index in [1.165, 1.54) is 0 Å². The van der Waals surface area contributed by atoms with Gasteiger partial charge in [0.1, 0.15) is 0 Å². The molecule has 2 rings (SSSR count). The van der Waals surface area contributed by atoms with Gasteiger partial charge in [-0.3, -0.25) is 9.79 Å². The second-order valence-electron chi connectivity index (χ2n) is 8.18. The van der Waals surface area contributed by atoms with Crippen molar-refractivity contribution in [1.82, 2.24) is 15.1 Å². The number of sulfone groups is 1. The second-order valence-corrected chi connectivity index (χ2v) is 10.4. The number of amides is 1. The molecule has 1 amide bonds. The first-order chi connectivity index (χ1) is 12.2. The maximum absolute atomic E-state index is 12.2. The van der Waals surface area contributed by atoms with Crippen LogP contribution in [0.15, 0.2) is 4.99 Å². The van der Waals surface area contributed by atoms with Crippen molar-refractivity contribution in [3.8, 4) is 0 Å². The molecule has 0 spiro atoms. The van der Waals surface area contributed by atoms with E-state index in [-0.39, 0.29) is 47.5 Å². The van der Waals surface area contributed by atoms with E-state index in [0.717, 1.165) is 32.0 Å². The summed E-state index contributed by atoms with van der Waals surface area (Å²) in [4.78, 5) is 21.0. The van der Waals surface area contributed by atoms with E-state index >= 15 is 0 Å². The van der Waals surface area contributed by atoms with Gasteiger partial charge in [0.05, 0.1) is 11.5 Å². The van der Waals surface area contributed by atoms with Crippen LogP contribution in [0, 0.1) is 17.8 Å². The number of hydrogen-bond acceptors (Lipinski definition) is 4. The molecular formula is C18H35IN4O3S. The van der Waals surface area contributed by atoms with Gasteiger partial charge in [-0.15, -0.1) is 24.0 Å². The third kappa shape index (κ3) is 7.75. The van der Waals surface area contributed by atoms with Gasteiger partial charge in [0.15, 0.2) is 15.8 Å². The van der Waals surface area contributed by atoms with Crippen LogP contribution in [0.4, 0.5) is 0 Å². The highest BCUT2D eigenvalue weighted by Crippen LogP contribution is 2.17. The Balaban J connectivity index is 0.00000364. The molecule has 0 aromatic rings. The van der Waals surface area contributed by atoms with Crippen LogP contribution in [-0.4, -0.2) is 80.9 Å². The number of rotatable bonds is 5. The van der Waals surface area contributed by atoms with E-state index in [1.54, 1.807) is 0 Å². The zero-order chi connectivity index (χ0) is 19.3. The van der Waals surface area contributed by atoms with Crippen molar-refractivity contribution >= 4 is 45.7 Å². The van der Waals surface area contributed by atoms with Gasteiger partial charge in [-0.25, -0.2) is 8.42 Å². The molecule has 7 nitrogen and oxygen atoms in total. The molecule has 2 aliphatic rings. The SMILES string of the molecule is CC(C)CN=C(NCC1CCS(=O)(=O)C1)N1CCN(C(=O)C(C)C)CC1.I. The van der Waals surface area contributed by atoms with E-state index in [0.29, 0.717) is 31.3 Å². The number of carbonyl (C=O) groups excluding carboxylic acids is 1. The quantitative estimate of drug-likeness (QED) is 0.341. The third-order valence-corrected chi connectivity index (χ3v) is 6.70. The highest BCUT2D eigenvalue weighted by atomic mass is 127. The molecule has 0 saturated carbocycles. The average Bonchev–Trinajstić information content (AvgIpc) is 2.93. The van der Waals surface area contributed by atoms with Crippen LogP contribution in [0.3, 0.4) is 0 Å². The van der Waals surface area contributed by atoms with Gasteiger partial charge < -0.3 is 15.1 Å². The van der Waals surface area contributed by atoms with Crippen molar-refractivity contribution in [2.24, 2.45) is 22.7 Å². The number of guanidine groups is 1. The van der Waals surface area contributed by atoms with E-state index in [2.05, 4.69) is 24.1 Å².